The maximum atomic E-state index is 3.97. The van der Waals surface area contributed by atoms with Crippen molar-refractivity contribution in [3.05, 3.63) is 20.8 Å². The first kappa shape index (κ1) is 7.41. The summed E-state index contributed by atoms with van der Waals surface area (Å²) < 4.78 is 3.56. The van der Waals surface area contributed by atoms with Crippen molar-refractivity contribution in [3.63, 3.8) is 0 Å². The molecular weight excluding hydrogens is 323 g/mol. The van der Waals surface area contributed by atoms with Crippen LogP contribution in [0, 0.1) is 3.70 Å². The molecule has 0 unspecified atom stereocenters. The third-order valence-electron chi connectivity index (χ3n) is 1.23. The first-order chi connectivity index (χ1) is 5.29. The van der Waals surface area contributed by atoms with E-state index in [2.05, 4.69) is 53.7 Å². The molecule has 2 heterocycles. The molecule has 0 amide bonds. The summed E-state index contributed by atoms with van der Waals surface area (Å²) in [6.07, 6.45) is 3.42. The second kappa shape index (κ2) is 2.67. The fourth-order valence-electron chi connectivity index (χ4n) is 0.781. The average molecular weight is 325 g/mol. The number of nitrogens with zero attached hydrogens (tertiary/aromatic N) is 4. The van der Waals surface area contributed by atoms with E-state index in [1.807, 2.05) is 4.40 Å². The maximum absolute atomic E-state index is 3.97. The monoisotopic (exact) mass is 324 g/mol. The van der Waals surface area contributed by atoms with Gasteiger partial charge in [-0.05, 0) is 38.5 Å². The zero-order valence-corrected chi connectivity index (χ0v) is 8.94. The first-order valence-corrected chi connectivity index (χ1v) is 4.66. The second-order valence-corrected chi connectivity index (χ2v) is 3.71. The number of halogens is 2. The summed E-state index contributed by atoms with van der Waals surface area (Å²) in [5, 5.41) is 7.72. The Hall–Kier alpha value is -0.240. The SMILES string of the molecule is Brc1nnc2cncc(I)n12. The van der Waals surface area contributed by atoms with E-state index in [1.165, 1.54) is 0 Å². The fourth-order valence-corrected chi connectivity index (χ4v) is 2.20. The molecule has 4 nitrogen and oxygen atoms in total. The van der Waals surface area contributed by atoms with Gasteiger partial charge in [0.2, 0.25) is 4.73 Å². The topological polar surface area (TPSA) is 43.1 Å². The molecule has 2 aromatic rings. The Bertz CT molecular complexity index is 398. The molecule has 0 aliphatic rings. The summed E-state index contributed by atoms with van der Waals surface area (Å²) in [6, 6.07) is 0. The minimum Gasteiger partial charge on any atom is -0.261 e. The highest BCUT2D eigenvalue weighted by molar-refractivity contribution is 14.1. The van der Waals surface area contributed by atoms with Gasteiger partial charge in [0.05, 0.1) is 12.4 Å². The van der Waals surface area contributed by atoms with Gasteiger partial charge in [-0.2, -0.15) is 0 Å². The minimum atomic E-state index is 0.708. The molecule has 0 N–H and O–H groups in total. The standard InChI is InChI=1S/C5H2BrIN4/c6-5-10-9-4-2-8-1-3(7)11(4)5/h1-2H. The summed E-state index contributed by atoms with van der Waals surface area (Å²) >= 11 is 5.45. The van der Waals surface area contributed by atoms with E-state index in [0.717, 1.165) is 9.35 Å². The molecule has 2 rings (SSSR count). The van der Waals surface area contributed by atoms with Crippen molar-refractivity contribution in [2.45, 2.75) is 0 Å². The van der Waals surface area contributed by atoms with Crippen LogP contribution >= 0.6 is 38.5 Å². The van der Waals surface area contributed by atoms with Crippen LogP contribution in [0.4, 0.5) is 0 Å². The Morgan fingerprint density at radius 1 is 1.36 bits per heavy atom. The third kappa shape index (κ3) is 1.13. The van der Waals surface area contributed by atoms with E-state index in [1.54, 1.807) is 12.4 Å². The first-order valence-electron chi connectivity index (χ1n) is 2.79. The molecule has 6 heteroatoms. The van der Waals surface area contributed by atoms with Gasteiger partial charge in [0, 0.05) is 0 Å². The van der Waals surface area contributed by atoms with Crippen molar-refractivity contribution in [2.75, 3.05) is 0 Å². The van der Waals surface area contributed by atoms with Gasteiger partial charge in [-0.15, -0.1) is 10.2 Å². The lowest BCUT2D eigenvalue weighted by atomic mass is 10.7. The molecule has 0 bridgehead atoms. The van der Waals surface area contributed by atoms with Crippen LogP contribution in [-0.4, -0.2) is 19.6 Å². The lowest BCUT2D eigenvalue weighted by molar-refractivity contribution is 1.03. The third-order valence-corrected chi connectivity index (χ3v) is 2.51. The van der Waals surface area contributed by atoms with Crippen LogP contribution in [0.5, 0.6) is 0 Å². The van der Waals surface area contributed by atoms with Crippen molar-refractivity contribution in [3.8, 4) is 0 Å². The lowest BCUT2D eigenvalue weighted by Crippen LogP contribution is -1.91. The normalized spacial score (nSPS) is 10.7. The Labute approximate surface area is 84.3 Å². The second-order valence-electron chi connectivity index (χ2n) is 1.89. The average Bonchev–Trinajstić information content (AvgIpc) is 2.34. The van der Waals surface area contributed by atoms with Gasteiger partial charge in [0.1, 0.15) is 3.70 Å². The van der Waals surface area contributed by atoms with Crippen LogP contribution in [0.25, 0.3) is 5.65 Å². The van der Waals surface area contributed by atoms with E-state index in [0.29, 0.717) is 4.73 Å². The van der Waals surface area contributed by atoms with Gasteiger partial charge in [0.25, 0.3) is 0 Å². The molecule has 0 atom stereocenters. The maximum Gasteiger partial charge on any atom is 0.205 e. The van der Waals surface area contributed by atoms with Gasteiger partial charge in [0.15, 0.2) is 5.65 Å². The molecular formula is C5H2BrIN4. The van der Waals surface area contributed by atoms with Gasteiger partial charge in [-0.25, -0.2) is 0 Å². The Morgan fingerprint density at radius 2 is 2.18 bits per heavy atom. The predicted molar refractivity (Wildman–Crippen MR) is 51.2 cm³/mol. The molecule has 11 heavy (non-hydrogen) atoms. The van der Waals surface area contributed by atoms with Gasteiger partial charge < -0.3 is 0 Å². The molecule has 0 radical (unpaired) electrons. The van der Waals surface area contributed by atoms with Crippen molar-refractivity contribution in [2.24, 2.45) is 0 Å². The van der Waals surface area contributed by atoms with Gasteiger partial charge >= 0.3 is 0 Å². The Balaban J connectivity index is 2.96. The highest BCUT2D eigenvalue weighted by Gasteiger charge is 2.03. The van der Waals surface area contributed by atoms with Crippen LogP contribution in [-0.2, 0) is 0 Å². The molecule has 0 fully saturated rings. The fraction of sp³-hybridized carbons (Fsp3) is 0. The van der Waals surface area contributed by atoms with Crippen molar-refractivity contribution < 1.29 is 0 Å². The van der Waals surface area contributed by atoms with Gasteiger partial charge in [-0.1, -0.05) is 0 Å². The molecule has 0 aliphatic carbocycles. The van der Waals surface area contributed by atoms with Crippen LogP contribution in [0.15, 0.2) is 17.1 Å². The highest BCUT2D eigenvalue weighted by Crippen LogP contribution is 2.12. The van der Waals surface area contributed by atoms with E-state index in [9.17, 15) is 0 Å². The molecule has 0 saturated heterocycles. The van der Waals surface area contributed by atoms with E-state index in [-0.39, 0.29) is 0 Å². The molecule has 0 saturated carbocycles. The molecule has 2 aromatic heterocycles. The number of fused-ring (bicyclic) bond motifs is 1. The van der Waals surface area contributed by atoms with Crippen LogP contribution < -0.4 is 0 Å². The van der Waals surface area contributed by atoms with Crippen LogP contribution in [0.3, 0.4) is 0 Å². The summed E-state index contributed by atoms with van der Waals surface area (Å²) in [4.78, 5) is 3.97. The predicted octanol–water partition coefficient (Wildman–Crippen LogP) is 1.49. The zero-order valence-electron chi connectivity index (χ0n) is 5.20. The number of hydrogen-bond acceptors (Lipinski definition) is 3. The molecule has 0 spiro atoms. The van der Waals surface area contributed by atoms with Crippen LogP contribution in [0.1, 0.15) is 0 Å². The van der Waals surface area contributed by atoms with E-state index >= 15 is 0 Å². The van der Waals surface area contributed by atoms with Crippen molar-refractivity contribution in [1.82, 2.24) is 19.6 Å². The van der Waals surface area contributed by atoms with E-state index < -0.39 is 0 Å². The molecule has 0 aromatic carbocycles. The lowest BCUT2D eigenvalue weighted by Gasteiger charge is -1.94. The molecule has 56 valence electrons. The smallest absolute Gasteiger partial charge is 0.205 e. The Kier molecular flexibility index (Phi) is 1.80. The largest absolute Gasteiger partial charge is 0.261 e. The van der Waals surface area contributed by atoms with Gasteiger partial charge in [-0.3, -0.25) is 9.38 Å². The Morgan fingerprint density at radius 3 is 2.91 bits per heavy atom. The number of hydrogen-bond donors (Lipinski definition) is 0. The number of aromatic nitrogens is 4. The summed E-state index contributed by atoms with van der Waals surface area (Å²) in [6.45, 7) is 0. The van der Waals surface area contributed by atoms with Crippen molar-refractivity contribution >= 4 is 44.2 Å². The summed E-state index contributed by atoms with van der Waals surface area (Å²) in [7, 11) is 0. The summed E-state index contributed by atoms with van der Waals surface area (Å²) in [5.74, 6) is 0. The minimum absolute atomic E-state index is 0.708. The quantitative estimate of drug-likeness (QED) is 0.690. The van der Waals surface area contributed by atoms with Crippen molar-refractivity contribution in [1.29, 1.82) is 0 Å². The van der Waals surface area contributed by atoms with Crippen LogP contribution in [0.2, 0.25) is 0 Å². The molecule has 0 aliphatic heterocycles. The number of rotatable bonds is 0. The van der Waals surface area contributed by atoms with E-state index in [4.69, 9.17) is 0 Å². The zero-order chi connectivity index (χ0) is 7.84. The highest BCUT2D eigenvalue weighted by atomic mass is 127. The summed E-state index contributed by atoms with van der Waals surface area (Å²) in [5.41, 5.74) is 0.753.